The molecule has 1 saturated carbocycles. The van der Waals surface area contributed by atoms with E-state index in [1.165, 1.54) is 48.6 Å². The Kier molecular flexibility index (Phi) is 3.88. The van der Waals surface area contributed by atoms with E-state index in [1.54, 1.807) is 0 Å². The Bertz CT molecular complexity index is 523. The lowest BCUT2D eigenvalue weighted by Crippen LogP contribution is -2.34. The summed E-state index contributed by atoms with van der Waals surface area (Å²) in [6.07, 6.45) is 9.11. The van der Waals surface area contributed by atoms with Gasteiger partial charge in [0.25, 0.3) is 0 Å². The normalized spacial score (nSPS) is 18.8. The van der Waals surface area contributed by atoms with Gasteiger partial charge < -0.3 is 10.3 Å². The molecule has 1 aromatic heterocycles. The van der Waals surface area contributed by atoms with Crippen molar-refractivity contribution in [2.75, 3.05) is 0 Å². The Morgan fingerprint density at radius 1 is 1.21 bits per heavy atom. The zero-order valence-electron chi connectivity index (χ0n) is 11.8. The van der Waals surface area contributed by atoms with Crippen LogP contribution in [0.15, 0.2) is 30.5 Å². The number of hydrogen-bond donors (Lipinski definition) is 2. The van der Waals surface area contributed by atoms with Crippen molar-refractivity contribution >= 4 is 10.9 Å². The van der Waals surface area contributed by atoms with Crippen molar-refractivity contribution in [3.05, 3.63) is 36.0 Å². The van der Waals surface area contributed by atoms with Crippen LogP contribution >= 0.6 is 0 Å². The Morgan fingerprint density at radius 3 is 2.89 bits per heavy atom. The van der Waals surface area contributed by atoms with Crippen LogP contribution in [0.5, 0.6) is 0 Å². The number of hydrogen-bond acceptors (Lipinski definition) is 1. The summed E-state index contributed by atoms with van der Waals surface area (Å²) < 4.78 is 0. The molecule has 1 atom stereocenters. The maximum absolute atomic E-state index is 3.72. The zero-order valence-corrected chi connectivity index (χ0v) is 11.8. The van der Waals surface area contributed by atoms with E-state index >= 15 is 0 Å². The second-order valence-electron chi connectivity index (χ2n) is 5.97. The number of rotatable bonds is 4. The van der Waals surface area contributed by atoms with Gasteiger partial charge >= 0.3 is 0 Å². The molecule has 0 radical (unpaired) electrons. The first kappa shape index (κ1) is 12.7. The van der Waals surface area contributed by atoms with Crippen LogP contribution in [-0.4, -0.2) is 11.0 Å². The predicted octanol–water partition coefficient (Wildman–Crippen LogP) is 4.23. The molecule has 0 saturated heterocycles. The fourth-order valence-corrected chi connectivity index (χ4v) is 3.29. The third-order valence-electron chi connectivity index (χ3n) is 4.60. The molecule has 2 N–H and O–H groups in total. The molecule has 0 unspecified atom stereocenters. The van der Waals surface area contributed by atoms with E-state index in [4.69, 9.17) is 0 Å². The minimum Gasteiger partial charge on any atom is -0.361 e. The molecular formula is C17H24N2. The van der Waals surface area contributed by atoms with Crippen molar-refractivity contribution in [1.29, 1.82) is 0 Å². The molecule has 19 heavy (non-hydrogen) atoms. The molecular weight excluding hydrogens is 232 g/mol. The maximum Gasteiger partial charge on any atom is 0.0454 e. The number of benzene rings is 1. The largest absolute Gasteiger partial charge is 0.361 e. The van der Waals surface area contributed by atoms with E-state index < -0.39 is 0 Å². The average molecular weight is 256 g/mol. The predicted molar refractivity (Wildman–Crippen MR) is 81.2 cm³/mol. The summed E-state index contributed by atoms with van der Waals surface area (Å²) in [6.45, 7) is 3.34. The molecule has 1 aliphatic rings. The molecule has 102 valence electrons. The van der Waals surface area contributed by atoms with Gasteiger partial charge in [0.1, 0.15) is 0 Å². The molecule has 0 aliphatic heterocycles. The summed E-state index contributed by atoms with van der Waals surface area (Å²) in [5.74, 6) is 0.879. The SMILES string of the molecule is C[C@@H](NCc1ccc2[nH]ccc2c1)C1CCCCC1. The molecule has 0 amide bonds. The summed E-state index contributed by atoms with van der Waals surface area (Å²) in [4.78, 5) is 3.24. The highest BCUT2D eigenvalue weighted by molar-refractivity contribution is 5.79. The minimum atomic E-state index is 0.641. The van der Waals surface area contributed by atoms with Crippen LogP contribution in [-0.2, 0) is 6.54 Å². The molecule has 1 aromatic carbocycles. The van der Waals surface area contributed by atoms with Gasteiger partial charge in [-0.3, -0.25) is 0 Å². The first-order valence-electron chi connectivity index (χ1n) is 7.62. The first-order valence-corrected chi connectivity index (χ1v) is 7.62. The van der Waals surface area contributed by atoms with E-state index in [0.717, 1.165) is 12.5 Å². The van der Waals surface area contributed by atoms with Gasteiger partial charge in [0.15, 0.2) is 0 Å². The van der Waals surface area contributed by atoms with E-state index in [2.05, 4.69) is 41.5 Å². The topological polar surface area (TPSA) is 27.8 Å². The van der Waals surface area contributed by atoms with Gasteiger partial charge in [-0.2, -0.15) is 0 Å². The summed E-state index contributed by atoms with van der Waals surface area (Å²) in [7, 11) is 0. The molecule has 1 heterocycles. The fourth-order valence-electron chi connectivity index (χ4n) is 3.29. The standard InChI is InChI=1S/C17H24N2/c1-13(15-5-3-2-4-6-15)19-12-14-7-8-17-16(11-14)9-10-18-17/h7-11,13,15,18-19H,2-6,12H2,1H3/t13-/m1/s1. The van der Waals surface area contributed by atoms with Crippen molar-refractivity contribution in [3.8, 4) is 0 Å². The number of aromatic amines is 1. The second-order valence-corrected chi connectivity index (χ2v) is 5.97. The van der Waals surface area contributed by atoms with Gasteiger partial charge in [-0.15, -0.1) is 0 Å². The van der Waals surface area contributed by atoms with E-state index in [0.29, 0.717) is 6.04 Å². The van der Waals surface area contributed by atoms with Crippen LogP contribution in [0.3, 0.4) is 0 Å². The fraction of sp³-hybridized carbons (Fsp3) is 0.529. The monoisotopic (exact) mass is 256 g/mol. The third-order valence-corrected chi connectivity index (χ3v) is 4.60. The summed E-state index contributed by atoms with van der Waals surface area (Å²) in [6, 6.07) is 9.47. The van der Waals surface area contributed by atoms with Crippen LogP contribution in [0.2, 0.25) is 0 Å². The van der Waals surface area contributed by atoms with Crippen molar-refractivity contribution in [2.24, 2.45) is 5.92 Å². The highest BCUT2D eigenvalue weighted by Crippen LogP contribution is 2.26. The Balaban J connectivity index is 1.58. The summed E-state index contributed by atoms with van der Waals surface area (Å²) in [5.41, 5.74) is 2.61. The van der Waals surface area contributed by atoms with Crippen LogP contribution in [0.4, 0.5) is 0 Å². The first-order chi connectivity index (χ1) is 9.33. The Hall–Kier alpha value is -1.28. The number of fused-ring (bicyclic) bond motifs is 1. The van der Waals surface area contributed by atoms with Gasteiger partial charge in [0.05, 0.1) is 0 Å². The van der Waals surface area contributed by atoms with Crippen LogP contribution in [0.1, 0.15) is 44.6 Å². The molecule has 3 rings (SSSR count). The van der Waals surface area contributed by atoms with Crippen molar-refractivity contribution in [2.45, 2.75) is 51.6 Å². The van der Waals surface area contributed by atoms with Crippen molar-refractivity contribution in [1.82, 2.24) is 10.3 Å². The van der Waals surface area contributed by atoms with E-state index in [-0.39, 0.29) is 0 Å². The van der Waals surface area contributed by atoms with Gasteiger partial charge in [-0.25, -0.2) is 0 Å². The van der Waals surface area contributed by atoms with Gasteiger partial charge in [-0.05, 0) is 54.8 Å². The van der Waals surface area contributed by atoms with Crippen molar-refractivity contribution < 1.29 is 0 Å². The smallest absolute Gasteiger partial charge is 0.0454 e. The minimum absolute atomic E-state index is 0.641. The third kappa shape index (κ3) is 3.01. The second kappa shape index (κ2) is 5.79. The van der Waals surface area contributed by atoms with Gasteiger partial charge in [-0.1, -0.05) is 25.3 Å². The number of nitrogens with one attached hydrogen (secondary N) is 2. The number of H-pyrrole nitrogens is 1. The quantitative estimate of drug-likeness (QED) is 0.842. The van der Waals surface area contributed by atoms with Crippen LogP contribution in [0, 0.1) is 5.92 Å². The van der Waals surface area contributed by atoms with E-state index in [9.17, 15) is 0 Å². The Morgan fingerprint density at radius 2 is 2.05 bits per heavy atom. The maximum atomic E-state index is 3.72. The summed E-state index contributed by atoms with van der Waals surface area (Å²) in [5, 5.41) is 5.03. The number of aromatic nitrogens is 1. The highest BCUT2D eigenvalue weighted by Gasteiger charge is 2.19. The van der Waals surface area contributed by atoms with Crippen LogP contribution < -0.4 is 5.32 Å². The summed E-state index contributed by atoms with van der Waals surface area (Å²) >= 11 is 0. The zero-order chi connectivity index (χ0) is 13.1. The van der Waals surface area contributed by atoms with Crippen LogP contribution in [0.25, 0.3) is 10.9 Å². The molecule has 1 fully saturated rings. The van der Waals surface area contributed by atoms with Crippen molar-refractivity contribution in [3.63, 3.8) is 0 Å². The lowest BCUT2D eigenvalue weighted by Gasteiger charge is -2.28. The lowest BCUT2D eigenvalue weighted by atomic mass is 9.84. The van der Waals surface area contributed by atoms with Gasteiger partial charge in [0.2, 0.25) is 0 Å². The molecule has 0 spiro atoms. The molecule has 2 nitrogen and oxygen atoms in total. The lowest BCUT2D eigenvalue weighted by molar-refractivity contribution is 0.280. The Labute approximate surface area is 115 Å². The molecule has 2 aromatic rings. The van der Waals surface area contributed by atoms with Gasteiger partial charge in [0, 0.05) is 24.3 Å². The molecule has 1 aliphatic carbocycles. The van der Waals surface area contributed by atoms with E-state index in [1.807, 2.05) is 6.20 Å². The highest BCUT2D eigenvalue weighted by atomic mass is 14.9. The molecule has 0 bridgehead atoms. The molecule has 2 heteroatoms. The average Bonchev–Trinajstić information content (AvgIpc) is 2.93.